The summed E-state index contributed by atoms with van der Waals surface area (Å²) in [6.07, 6.45) is 0. The molecule has 1 aliphatic heterocycles. The minimum Gasteiger partial charge on any atom is -0.475 e. The third-order valence-corrected chi connectivity index (χ3v) is 4.63. The van der Waals surface area contributed by atoms with Gasteiger partial charge >= 0.3 is 5.97 Å². The van der Waals surface area contributed by atoms with Crippen LogP contribution in [0.3, 0.4) is 0 Å². The molecule has 0 atom stereocenters. The van der Waals surface area contributed by atoms with Crippen molar-refractivity contribution in [1.82, 2.24) is 4.31 Å². The summed E-state index contributed by atoms with van der Waals surface area (Å²) >= 11 is 0. The maximum Gasteiger partial charge on any atom is 0.371 e. The molecule has 1 fully saturated rings. The van der Waals surface area contributed by atoms with Gasteiger partial charge in [0.15, 0.2) is 0 Å². The first kappa shape index (κ1) is 13.1. The van der Waals surface area contributed by atoms with Crippen LogP contribution in [-0.2, 0) is 10.0 Å². The van der Waals surface area contributed by atoms with Crippen LogP contribution in [0.4, 0.5) is 0 Å². The van der Waals surface area contributed by atoms with Crippen LogP contribution in [0.2, 0.25) is 0 Å². The predicted octanol–water partition coefficient (Wildman–Crippen LogP) is 0.0415. The zero-order valence-electron chi connectivity index (χ0n) is 9.87. The number of rotatable bonds is 3. The molecule has 100 valence electrons. The summed E-state index contributed by atoms with van der Waals surface area (Å²) in [6, 6.07) is 0.986. The number of carboxylic acids is 1. The number of carbonyl (C=O) groups is 1. The third-order valence-electron chi connectivity index (χ3n) is 2.73. The minimum absolute atomic E-state index is 0.0115. The van der Waals surface area contributed by atoms with Gasteiger partial charge in [0.05, 0.1) is 5.60 Å². The molecule has 1 aliphatic rings. The molecule has 1 saturated heterocycles. The molecule has 1 aromatic heterocycles. The summed E-state index contributed by atoms with van der Waals surface area (Å²) in [6.45, 7) is 2.89. The summed E-state index contributed by atoms with van der Waals surface area (Å²) < 4.78 is 30.2. The first-order valence-electron chi connectivity index (χ1n) is 5.20. The van der Waals surface area contributed by atoms with Gasteiger partial charge in [-0.05, 0) is 13.8 Å². The fourth-order valence-electron chi connectivity index (χ4n) is 1.85. The van der Waals surface area contributed by atoms with E-state index < -0.39 is 27.4 Å². The maximum absolute atomic E-state index is 12.1. The summed E-state index contributed by atoms with van der Waals surface area (Å²) in [5.74, 6) is -1.72. The fraction of sp³-hybridized carbons (Fsp3) is 0.500. The molecule has 0 bridgehead atoms. The highest BCUT2D eigenvalue weighted by atomic mass is 32.2. The van der Waals surface area contributed by atoms with E-state index in [1.165, 1.54) is 13.8 Å². The lowest BCUT2D eigenvalue weighted by atomic mass is 10.0. The Morgan fingerprint density at radius 2 is 2.06 bits per heavy atom. The largest absolute Gasteiger partial charge is 0.475 e. The molecule has 0 saturated carbocycles. The van der Waals surface area contributed by atoms with Gasteiger partial charge < -0.3 is 14.6 Å². The number of aromatic carboxylic acids is 1. The quantitative estimate of drug-likeness (QED) is 0.806. The van der Waals surface area contributed by atoms with Crippen molar-refractivity contribution in [3.63, 3.8) is 0 Å². The number of nitrogens with zero attached hydrogens (tertiary/aromatic N) is 1. The van der Waals surface area contributed by atoms with E-state index in [4.69, 9.17) is 9.52 Å². The zero-order chi connectivity index (χ0) is 13.7. The molecule has 0 spiro atoms. The van der Waals surface area contributed by atoms with Crippen LogP contribution in [0.5, 0.6) is 0 Å². The lowest BCUT2D eigenvalue weighted by Crippen LogP contribution is -2.61. The SMILES string of the molecule is Cc1oc(C(=O)O)cc1S(=O)(=O)N1CC(C)(O)C1. The van der Waals surface area contributed by atoms with Crippen LogP contribution in [0.25, 0.3) is 0 Å². The lowest BCUT2D eigenvalue weighted by molar-refractivity contribution is -0.0426. The average Bonchev–Trinajstić information content (AvgIpc) is 2.57. The second-order valence-electron chi connectivity index (χ2n) is 4.61. The van der Waals surface area contributed by atoms with E-state index in [1.54, 1.807) is 0 Å². The van der Waals surface area contributed by atoms with Gasteiger partial charge in [-0.2, -0.15) is 4.31 Å². The molecule has 1 aromatic rings. The number of β-amino-alcohol motifs (C(OH)–C–C–N with tert-alkyl or cyclic N) is 1. The zero-order valence-corrected chi connectivity index (χ0v) is 10.7. The fourth-order valence-corrected chi connectivity index (χ4v) is 3.68. The molecule has 0 aliphatic carbocycles. The first-order chi connectivity index (χ1) is 8.13. The minimum atomic E-state index is -3.80. The van der Waals surface area contributed by atoms with Gasteiger partial charge in [-0.25, -0.2) is 13.2 Å². The highest BCUT2D eigenvalue weighted by Gasteiger charge is 2.45. The van der Waals surface area contributed by atoms with Gasteiger partial charge in [0.25, 0.3) is 0 Å². The molecular formula is C10H13NO6S. The van der Waals surface area contributed by atoms with Crippen molar-refractivity contribution in [3.05, 3.63) is 17.6 Å². The average molecular weight is 275 g/mol. The number of furan rings is 1. The highest BCUT2D eigenvalue weighted by molar-refractivity contribution is 7.89. The van der Waals surface area contributed by atoms with Crippen LogP contribution < -0.4 is 0 Å². The number of hydrogen-bond acceptors (Lipinski definition) is 5. The molecule has 0 radical (unpaired) electrons. The van der Waals surface area contributed by atoms with Crippen LogP contribution in [0, 0.1) is 6.92 Å². The van der Waals surface area contributed by atoms with E-state index in [1.807, 2.05) is 0 Å². The van der Waals surface area contributed by atoms with Gasteiger partial charge in [0, 0.05) is 19.2 Å². The second-order valence-corrected chi connectivity index (χ2v) is 6.51. The van der Waals surface area contributed by atoms with Crippen LogP contribution in [0.15, 0.2) is 15.4 Å². The van der Waals surface area contributed by atoms with E-state index in [0.717, 1.165) is 10.4 Å². The van der Waals surface area contributed by atoms with Crippen LogP contribution >= 0.6 is 0 Å². The van der Waals surface area contributed by atoms with Crippen LogP contribution in [-0.4, -0.2) is 47.6 Å². The Kier molecular flexibility index (Phi) is 2.76. The third kappa shape index (κ3) is 2.02. The standard InChI is InChI=1S/C10H13NO6S/c1-6-8(3-7(17-6)9(12)13)18(15,16)11-4-10(2,14)5-11/h3,14H,4-5H2,1-2H3,(H,12,13). The topological polar surface area (TPSA) is 108 Å². The predicted molar refractivity (Wildman–Crippen MR) is 59.8 cm³/mol. The number of hydrogen-bond donors (Lipinski definition) is 2. The summed E-state index contributed by atoms with van der Waals surface area (Å²) in [5, 5.41) is 18.3. The van der Waals surface area contributed by atoms with Crippen molar-refractivity contribution in [2.24, 2.45) is 0 Å². The molecular weight excluding hydrogens is 262 g/mol. The number of sulfonamides is 1. The Labute approximate surface area is 104 Å². The maximum atomic E-state index is 12.1. The molecule has 0 aromatic carbocycles. The molecule has 18 heavy (non-hydrogen) atoms. The van der Waals surface area contributed by atoms with Crippen molar-refractivity contribution >= 4 is 16.0 Å². The number of carboxylic acid groups (broad SMARTS) is 1. The second kappa shape index (κ2) is 3.81. The Bertz CT molecular complexity index is 592. The molecule has 2 rings (SSSR count). The lowest BCUT2D eigenvalue weighted by Gasteiger charge is -2.42. The van der Waals surface area contributed by atoms with Crippen molar-refractivity contribution in [1.29, 1.82) is 0 Å². The highest BCUT2D eigenvalue weighted by Crippen LogP contribution is 2.30. The molecule has 8 heteroatoms. The molecule has 0 amide bonds. The normalized spacial score (nSPS) is 19.5. The van der Waals surface area contributed by atoms with E-state index in [0.29, 0.717) is 0 Å². The van der Waals surface area contributed by atoms with Crippen molar-refractivity contribution in [2.75, 3.05) is 13.1 Å². The van der Waals surface area contributed by atoms with Gasteiger partial charge in [0.1, 0.15) is 10.7 Å². The van der Waals surface area contributed by atoms with Crippen molar-refractivity contribution < 1.29 is 27.8 Å². The smallest absolute Gasteiger partial charge is 0.371 e. The van der Waals surface area contributed by atoms with Gasteiger partial charge in [0.2, 0.25) is 15.8 Å². The Hall–Kier alpha value is -1.38. The summed E-state index contributed by atoms with van der Waals surface area (Å²) in [5.41, 5.74) is -1.03. The van der Waals surface area contributed by atoms with E-state index in [-0.39, 0.29) is 23.7 Å². The molecule has 7 nitrogen and oxygen atoms in total. The summed E-state index contributed by atoms with van der Waals surface area (Å²) in [7, 11) is -3.80. The number of aliphatic hydroxyl groups is 1. The van der Waals surface area contributed by atoms with Gasteiger partial charge in [-0.15, -0.1) is 0 Å². The van der Waals surface area contributed by atoms with E-state index in [2.05, 4.69) is 0 Å². The van der Waals surface area contributed by atoms with Crippen molar-refractivity contribution in [2.45, 2.75) is 24.3 Å². The molecule has 2 heterocycles. The van der Waals surface area contributed by atoms with Crippen molar-refractivity contribution in [3.8, 4) is 0 Å². The first-order valence-corrected chi connectivity index (χ1v) is 6.64. The van der Waals surface area contributed by atoms with E-state index in [9.17, 15) is 18.3 Å². The Morgan fingerprint density at radius 1 is 1.50 bits per heavy atom. The summed E-state index contributed by atoms with van der Waals surface area (Å²) in [4.78, 5) is 10.5. The number of aryl methyl sites for hydroxylation is 1. The van der Waals surface area contributed by atoms with Gasteiger partial charge in [-0.3, -0.25) is 0 Å². The van der Waals surface area contributed by atoms with Crippen LogP contribution in [0.1, 0.15) is 23.2 Å². The molecule has 0 unspecified atom stereocenters. The van der Waals surface area contributed by atoms with E-state index >= 15 is 0 Å². The Balaban J connectivity index is 2.34. The van der Waals surface area contributed by atoms with Gasteiger partial charge in [-0.1, -0.05) is 0 Å². The monoisotopic (exact) mass is 275 g/mol. The Morgan fingerprint density at radius 3 is 2.44 bits per heavy atom. The molecule has 2 N–H and O–H groups in total.